The molecule has 8 heteroatoms. The van der Waals surface area contributed by atoms with E-state index in [4.69, 9.17) is 0 Å². The molecule has 0 bridgehead atoms. The molecule has 2 aromatic rings. The molecule has 3 rings (SSSR count). The fraction of sp³-hybridized carbons (Fsp3) is 0.381. The van der Waals surface area contributed by atoms with Crippen LogP contribution < -0.4 is 10.2 Å². The van der Waals surface area contributed by atoms with Gasteiger partial charge >= 0.3 is 0 Å². The predicted molar refractivity (Wildman–Crippen MR) is 102 cm³/mol. The smallest absolute Gasteiger partial charge is 0.255 e. The van der Waals surface area contributed by atoms with Crippen molar-refractivity contribution in [2.24, 2.45) is 5.92 Å². The molecule has 1 aliphatic rings. The van der Waals surface area contributed by atoms with Crippen LogP contribution in [0.2, 0.25) is 0 Å². The molecule has 0 saturated carbocycles. The molecule has 2 N–H and O–H groups in total. The second-order valence-corrected chi connectivity index (χ2v) is 7.43. The normalized spacial score (nSPS) is 19.7. The largest absolute Gasteiger partial charge is 0.391 e. The number of alkyl halides is 1. The lowest BCUT2D eigenvalue weighted by atomic mass is 10.0. The Morgan fingerprint density at radius 1 is 1.14 bits per heavy atom. The van der Waals surface area contributed by atoms with Gasteiger partial charge in [0.1, 0.15) is 6.67 Å². The molecule has 1 amide bonds. The van der Waals surface area contributed by atoms with Gasteiger partial charge in [-0.15, -0.1) is 0 Å². The second-order valence-electron chi connectivity index (χ2n) is 7.43. The SMILES string of the molecule is CC1CCC(O)CN(c2cc(C(=O)Nc3cc(F)c(F)c(F)c3)ccc2CF)C1. The number of carbonyl (C=O) groups is 1. The van der Waals surface area contributed by atoms with E-state index in [0.29, 0.717) is 42.9 Å². The van der Waals surface area contributed by atoms with Crippen molar-refractivity contribution in [1.29, 1.82) is 0 Å². The highest BCUT2D eigenvalue weighted by Gasteiger charge is 2.23. The van der Waals surface area contributed by atoms with Crippen LogP contribution in [-0.4, -0.2) is 30.2 Å². The lowest BCUT2D eigenvalue weighted by Gasteiger charge is -2.28. The summed E-state index contributed by atoms with van der Waals surface area (Å²) < 4.78 is 53.4. The fourth-order valence-electron chi connectivity index (χ4n) is 3.50. The minimum absolute atomic E-state index is 0.147. The van der Waals surface area contributed by atoms with Crippen molar-refractivity contribution in [3.05, 3.63) is 58.9 Å². The summed E-state index contributed by atoms with van der Waals surface area (Å²) in [7, 11) is 0. The molecule has 2 unspecified atom stereocenters. The minimum atomic E-state index is -1.62. The van der Waals surface area contributed by atoms with Gasteiger partial charge in [-0.3, -0.25) is 4.79 Å². The lowest BCUT2D eigenvalue weighted by Crippen LogP contribution is -2.33. The first-order valence-corrected chi connectivity index (χ1v) is 9.36. The standard InChI is InChI=1S/C21H22F4N2O2/c1-12-2-5-16(28)11-27(10-12)19-6-13(3-4-14(19)9-22)21(29)26-15-7-17(23)20(25)18(24)8-15/h3-4,6-8,12,16,28H,2,5,9-11H2,1H3,(H,26,29). The number of anilines is 2. The van der Waals surface area contributed by atoms with E-state index in [2.05, 4.69) is 5.32 Å². The van der Waals surface area contributed by atoms with Crippen molar-refractivity contribution < 1.29 is 27.5 Å². The first-order valence-electron chi connectivity index (χ1n) is 9.36. The maximum absolute atomic E-state index is 13.5. The molecule has 0 spiro atoms. The van der Waals surface area contributed by atoms with E-state index in [0.717, 1.165) is 6.42 Å². The molecule has 0 aliphatic carbocycles. The van der Waals surface area contributed by atoms with Crippen molar-refractivity contribution in [1.82, 2.24) is 0 Å². The van der Waals surface area contributed by atoms with Crippen molar-refractivity contribution in [2.75, 3.05) is 23.3 Å². The van der Waals surface area contributed by atoms with E-state index in [1.54, 1.807) is 0 Å². The number of hydrogen-bond donors (Lipinski definition) is 2. The van der Waals surface area contributed by atoms with E-state index in [1.807, 2.05) is 11.8 Å². The molecule has 4 nitrogen and oxygen atoms in total. The quantitative estimate of drug-likeness (QED) is 0.580. The molecule has 2 atom stereocenters. The number of amides is 1. The second kappa shape index (κ2) is 8.82. The van der Waals surface area contributed by atoms with Crippen LogP contribution in [0.4, 0.5) is 28.9 Å². The van der Waals surface area contributed by atoms with Crippen LogP contribution in [0.5, 0.6) is 0 Å². The van der Waals surface area contributed by atoms with Crippen molar-refractivity contribution >= 4 is 17.3 Å². The number of nitrogens with one attached hydrogen (secondary N) is 1. The molecule has 2 aromatic carbocycles. The summed E-state index contributed by atoms with van der Waals surface area (Å²) in [5.74, 6) is -4.85. The molecule has 1 saturated heterocycles. The summed E-state index contributed by atoms with van der Waals surface area (Å²) in [6.07, 6.45) is 0.921. The molecule has 29 heavy (non-hydrogen) atoms. The number of benzene rings is 2. The zero-order valence-corrected chi connectivity index (χ0v) is 15.9. The zero-order valence-electron chi connectivity index (χ0n) is 15.9. The summed E-state index contributed by atoms with van der Waals surface area (Å²) in [5, 5.41) is 12.5. The molecule has 156 valence electrons. The van der Waals surface area contributed by atoms with Gasteiger partial charge in [-0.1, -0.05) is 13.0 Å². The van der Waals surface area contributed by atoms with Gasteiger partial charge in [-0.05, 0) is 30.9 Å². The highest BCUT2D eigenvalue weighted by Crippen LogP contribution is 2.28. The molecular formula is C21H22F4N2O2. The first-order chi connectivity index (χ1) is 13.8. The number of halogens is 4. The highest BCUT2D eigenvalue weighted by molar-refractivity contribution is 6.05. The third-order valence-electron chi connectivity index (χ3n) is 5.03. The Kier molecular flexibility index (Phi) is 6.42. The van der Waals surface area contributed by atoms with Crippen LogP contribution in [0, 0.1) is 23.4 Å². The van der Waals surface area contributed by atoms with E-state index >= 15 is 0 Å². The Balaban J connectivity index is 1.88. The predicted octanol–water partition coefficient (Wildman–Crippen LogP) is 4.42. The lowest BCUT2D eigenvalue weighted by molar-refractivity contribution is 0.102. The highest BCUT2D eigenvalue weighted by atomic mass is 19.2. The van der Waals surface area contributed by atoms with Crippen molar-refractivity contribution in [2.45, 2.75) is 32.5 Å². The Morgan fingerprint density at radius 3 is 2.48 bits per heavy atom. The summed E-state index contributed by atoms with van der Waals surface area (Å²) in [5.41, 5.74) is 0.779. The van der Waals surface area contributed by atoms with Crippen LogP contribution in [0.3, 0.4) is 0 Å². The number of carbonyl (C=O) groups excluding carboxylic acids is 1. The minimum Gasteiger partial charge on any atom is -0.391 e. The first kappa shape index (κ1) is 21.1. The Bertz CT molecular complexity index is 871. The van der Waals surface area contributed by atoms with Crippen LogP contribution in [0.15, 0.2) is 30.3 Å². The van der Waals surface area contributed by atoms with Gasteiger partial charge in [0, 0.05) is 47.7 Å². The number of hydrogen-bond acceptors (Lipinski definition) is 3. The van der Waals surface area contributed by atoms with Gasteiger partial charge in [0.05, 0.1) is 6.10 Å². The van der Waals surface area contributed by atoms with Gasteiger partial charge in [0.25, 0.3) is 5.91 Å². The van der Waals surface area contributed by atoms with Gasteiger partial charge in [0.2, 0.25) is 0 Å². The topological polar surface area (TPSA) is 52.6 Å². The summed E-state index contributed by atoms with van der Waals surface area (Å²) in [6, 6.07) is 5.73. The molecule has 0 radical (unpaired) electrons. The number of rotatable bonds is 4. The maximum Gasteiger partial charge on any atom is 0.255 e. The summed E-state index contributed by atoms with van der Waals surface area (Å²) in [6.45, 7) is 2.21. The van der Waals surface area contributed by atoms with E-state index in [9.17, 15) is 27.5 Å². The number of β-amino-alcohol motifs (C(OH)–C–C–N with tert-alkyl or cyclic N) is 1. The van der Waals surface area contributed by atoms with E-state index < -0.39 is 36.1 Å². The van der Waals surface area contributed by atoms with Gasteiger partial charge < -0.3 is 15.3 Å². The molecule has 1 aliphatic heterocycles. The molecule has 1 fully saturated rings. The monoisotopic (exact) mass is 410 g/mol. The van der Waals surface area contributed by atoms with Crippen LogP contribution in [-0.2, 0) is 6.67 Å². The summed E-state index contributed by atoms with van der Waals surface area (Å²) >= 11 is 0. The Hall–Kier alpha value is -2.61. The third kappa shape index (κ3) is 4.87. The average Bonchev–Trinajstić information content (AvgIpc) is 2.86. The third-order valence-corrected chi connectivity index (χ3v) is 5.03. The van der Waals surface area contributed by atoms with Gasteiger partial charge in [-0.25, -0.2) is 17.6 Å². The molecule has 0 aromatic heterocycles. The number of aliphatic hydroxyl groups is 1. The average molecular weight is 410 g/mol. The maximum atomic E-state index is 13.5. The van der Waals surface area contributed by atoms with E-state index in [-0.39, 0.29) is 17.2 Å². The number of nitrogens with zero attached hydrogens (tertiary/aromatic N) is 1. The van der Waals surface area contributed by atoms with Crippen molar-refractivity contribution in [3.63, 3.8) is 0 Å². The molecule has 1 heterocycles. The summed E-state index contributed by atoms with van der Waals surface area (Å²) in [4.78, 5) is 14.4. The van der Waals surface area contributed by atoms with Crippen molar-refractivity contribution in [3.8, 4) is 0 Å². The van der Waals surface area contributed by atoms with Gasteiger partial charge in [0.15, 0.2) is 17.5 Å². The Morgan fingerprint density at radius 2 is 1.83 bits per heavy atom. The van der Waals surface area contributed by atoms with Crippen LogP contribution >= 0.6 is 0 Å². The van der Waals surface area contributed by atoms with E-state index in [1.165, 1.54) is 18.2 Å². The van der Waals surface area contributed by atoms with Gasteiger partial charge in [-0.2, -0.15) is 0 Å². The number of aliphatic hydroxyl groups excluding tert-OH is 1. The zero-order chi connectivity index (χ0) is 21.1. The Labute approximate surface area is 166 Å². The molecular weight excluding hydrogens is 388 g/mol. The fourth-order valence-corrected chi connectivity index (χ4v) is 3.50. The van der Waals surface area contributed by atoms with Crippen LogP contribution in [0.1, 0.15) is 35.7 Å². The van der Waals surface area contributed by atoms with Crippen LogP contribution in [0.25, 0.3) is 0 Å².